The van der Waals surface area contributed by atoms with E-state index < -0.39 is 0 Å². The van der Waals surface area contributed by atoms with Crippen LogP contribution in [-0.4, -0.2) is 33.1 Å². The second-order valence-electron chi connectivity index (χ2n) is 6.98. The van der Waals surface area contributed by atoms with Crippen LogP contribution in [0.15, 0.2) is 41.2 Å². The summed E-state index contributed by atoms with van der Waals surface area (Å²) in [6.07, 6.45) is 2.62. The first kappa shape index (κ1) is 17.5. The molecular weight excluding hydrogens is 364 g/mol. The number of hydrogen-bond acceptors (Lipinski definition) is 6. The third kappa shape index (κ3) is 3.95. The highest BCUT2D eigenvalue weighted by atomic mass is 32.1. The van der Waals surface area contributed by atoms with Gasteiger partial charge in [0.2, 0.25) is 0 Å². The standard InChI is InChI=1S/C19H20N4O3S/c1-19(2)8-13-4-3-5-16(18(13)26-19)25-11-17(24)20-9-14-10-23(22-21-14)15-6-7-27-12-15/h3-7,10,12H,8-9,11H2,1-2H3,(H,20,24). The molecule has 4 rings (SSSR count). The van der Waals surface area contributed by atoms with Gasteiger partial charge in [-0.05, 0) is 31.4 Å². The van der Waals surface area contributed by atoms with Gasteiger partial charge < -0.3 is 14.8 Å². The van der Waals surface area contributed by atoms with E-state index >= 15 is 0 Å². The molecule has 0 saturated heterocycles. The van der Waals surface area contributed by atoms with Crippen LogP contribution in [0.1, 0.15) is 25.1 Å². The van der Waals surface area contributed by atoms with Gasteiger partial charge in [0.15, 0.2) is 18.1 Å². The number of carbonyl (C=O) groups excluding carboxylic acids is 1. The average molecular weight is 384 g/mol. The van der Waals surface area contributed by atoms with Crippen LogP contribution in [0.4, 0.5) is 0 Å². The summed E-state index contributed by atoms with van der Waals surface area (Å²) in [5.41, 5.74) is 2.48. The van der Waals surface area contributed by atoms with Crippen molar-refractivity contribution in [1.29, 1.82) is 0 Å². The molecule has 0 unspecified atom stereocenters. The molecule has 140 valence electrons. The maximum atomic E-state index is 12.1. The van der Waals surface area contributed by atoms with E-state index in [4.69, 9.17) is 9.47 Å². The molecule has 0 radical (unpaired) electrons. The van der Waals surface area contributed by atoms with Crippen molar-refractivity contribution in [3.8, 4) is 17.2 Å². The van der Waals surface area contributed by atoms with Gasteiger partial charge in [0.25, 0.3) is 5.91 Å². The van der Waals surface area contributed by atoms with Crippen LogP contribution in [0.2, 0.25) is 0 Å². The first-order valence-electron chi connectivity index (χ1n) is 8.64. The predicted octanol–water partition coefficient (Wildman–Crippen LogP) is 2.74. The Labute approximate surface area is 160 Å². The number of carbonyl (C=O) groups is 1. The minimum atomic E-state index is -0.252. The van der Waals surface area contributed by atoms with Crippen molar-refractivity contribution in [2.45, 2.75) is 32.4 Å². The van der Waals surface area contributed by atoms with E-state index in [2.05, 4.69) is 15.6 Å². The van der Waals surface area contributed by atoms with Crippen molar-refractivity contribution in [2.75, 3.05) is 6.61 Å². The first-order valence-corrected chi connectivity index (χ1v) is 9.59. The van der Waals surface area contributed by atoms with Crippen molar-refractivity contribution < 1.29 is 14.3 Å². The fraction of sp³-hybridized carbons (Fsp3) is 0.316. The summed E-state index contributed by atoms with van der Waals surface area (Å²) in [6, 6.07) is 7.71. The maximum Gasteiger partial charge on any atom is 0.258 e. The van der Waals surface area contributed by atoms with Crippen molar-refractivity contribution >= 4 is 17.2 Å². The van der Waals surface area contributed by atoms with E-state index in [0.29, 0.717) is 18.0 Å². The third-order valence-electron chi connectivity index (χ3n) is 4.19. The number of hydrogen-bond donors (Lipinski definition) is 1. The second kappa shape index (κ2) is 7.03. The molecule has 27 heavy (non-hydrogen) atoms. The summed E-state index contributed by atoms with van der Waals surface area (Å²) >= 11 is 1.59. The van der Waals surface area contributed by atoms with Crippen LogP contribution in [0, 0.1) is 0 Å². The molecule has 0 saturated carbocycles. The molecule has 2 aromatic heterocycles. The molecule has 1 amide bonds. The highest BCUT2D eigenvalue weighted by Crippen LogP contribution is 2.41. The van der Waals surface area contributed by atoms with Crippen LogP contribution in [0.25, 0.3) is 5.69 Å². The highest BCUT2D eigenvalue weighted by Gasteiger charge is 2.32. The molecule has 3 aromatic rings. The Morgan fingerprint density at radius 3 is 3.11 bits per heavy atom. The second-order valence-corrected chi connectivity index (χ2v) is 7.76. The van der Waals surface area contributed by atoms with Crippen LogP contribution >= 0.6 is 11.3 Å². The number of nitrogens with zero attached hydrogens (tertiary/aromatic N) is 3. The number of rotatable bonds is 6. The third-order valence-corrected chi connectivity index (χ3v) is 4.86. The van der Waals surface area contributed by atoms with Crippen molar-refractivity contribution in [3.05, 3.63) is 52.5 Å². The lowest BCUT2D eigenvalue weighted by molar-refractivity contribution is -0.123. The number of ether oxygens (including phenoxy) is 2. The summed E-state index contributed by atoms with van der Waals surface area (Å²) < 4.78 is 13.3. The van der Waals surface area contributed by atoms with Gasteiger partial charge in [-0.15, -0.1) is 5.10 Å². The molecule has 1 aliphatic heterocycles. The zero-order chi connectivity index (χ0) is 18.9. The van der Waals surface area contributed by atoms with Crippen LogP contribution in [-0.2, 0) is 17.8 Å². The number of aromatic nitrogens is 3. The quantitative estimate of drug-likeness (QED) is 0.707. The van der Waals surface area contributed by atoms with E-state index in [1.54, 1.807) is 22.2 Å². The molecule has 8 heteroatoms. The minimum absolute atomic E-state index is 0.0844. The molecule has 0 fully saturated rings. The highest BCUT2D eigenvalue weighted by molar-refractivity contribution is 7.08. The van der Waals surface area contributed by atoms with Gasteiger partial charge in [-0.2, -0.15) is 11.3 Å². The Bertz CT molecular complexity index is 950. The van der Waals surface area contributed by atoms with Gasteiger partial charge in [0.05, 0.1) is 18.4 Å². The van der Waals surface area contributed by atoms with Gasteiger partial charge in [-0.25, -0.2) is 4.68 Å². The summed E-state index contributed by atoms with van der Waals surface area (Å²) in [5.74, 6) is 1.10. The van der Waals surface area contributed by atoms with Crippen molar-refractivity contribution in [1.82, 2.24) is 20.3 Å². The summed E-state index contributed by atoms with van der Waals surface area (Å²) in [4.78, 5) is 12.1. The number of benzene rings is 1. The summed E-state index contributed by atoms with van der Waals surface area (Å²) in [5, 5.41) is 14.9. The van der Waals surface area contributed by atoms with Crippen LogP contribution in [0.3, 0.4) is 0 Å². The number of para-hydroxylation sites is 1. The SMILES string of the molecule is CC1(C)Cc2cccc(OCC(=O)NCc3cn(-c4ccsc4)nn3)c2O1. The van der Waals surface area contributed by atoms with E-state index in [1.807, 2.05) is 48.9 Å². The predicted molar refractivity (Wildman–Crippen MR) is 101 cm³/mol. The number of nitrogens with one attached hydrogen (secondary N) is 1. The Morgan fingerprint density at radius 2 is 2.30 bits per heavy atom. The summed E-state index contributed by atoms with van der Waals surface area (Å²) in [6.45, 7) is 4.28. The lowest BCUT2D eigenvalue weighted by atomic mass is 10.0. The molecule has 0 aliphatic carbocycles. The van der Waals surface area contributed by atoms with Gasteiger partial charge in [0.1, 0.15) is 11.3 Å². The number of thiophene rings is 1. The normalized spacial score (nSPS) is 14.4. The van der Waals surface area contributed by atoms with Gasteiger partial charge in [-0.3, -0.25) is 4.79 Å². The molecule has 0 spiro atoms. The molecule has 1 aromatic carbocycles. The Hall–Kier alpha value is -2.87. The summed E-state index contributed by atoms with van der Waals surface area (Å²) in [7, 11) is 0. The monoisotopic (exact) mass is 384 g/mol. The van der Waals surface area contributed by atoms with E-state index in [0.717, 1.165) is 23.4 Å². The Balaban J connectivity index is 1.31. The fourth-order valence-corrected chi connectivity index (χ4v) is 3.60. The van der Waals surface area contributed by atoms with E-state index in [1.165, 1.54) is 0 Å². The van der Waals surface area contributed by atoms with E-state index in [9.17, 15) is 4.79 Å². The molecule has 3 heterocycles. The van der Waals surface area contributed by atoms with Crippen molar-refractivity contribution in [3.63, 3.8) is 0 Å². The Morgan fingerprint density at radius 1 is 1.41 bits per heavy atom. The minimum Gasteiger partial charge on any atom is -0.483 e. The van der Waals surface area contributed by atoms with Crippen LogP contribution in [0.5, 0.6) is 11.5 Å². The zero-order valence-electron chi connectivity index (χ0n) is 15.1. The number of amides is 1. The average Bonchev–Trinajstić information content (AvgIpc) is 3.35. The maximum absolute atomic E-state index is 12.1. The molecule has 7 nitrogen and oxygen atoms in total. The van der Waals surface area contributed by atoms with E-state index in [-0.39, 0.29) is 18.1 Å². The lowest BCUT2D eigenvalue weighted by Gasteiger charge is -2.18. The Kier molecular flexibility index (Phi) is 4.57. The zero-order valence-corrected chi connectivity index (χ0v) is 16.0. The smallest absolute Gasteiger partial charge is 0.258 e. The molecular formula is C19H20N4O3S. The molecule has 0 atom stereocenters. The molecule has 1 aliphatic rings. The molecule has 1 N–H and O–H groups in total. The lowest BCUT2D eigenvalue weighted by Crippen LogP contribution is -2.28. The van der Waals surface area contributed by atoms with Crippen molar-refractivity contribution in [2.24, 2.45) is 0 Å². The van der Waals surface area contributed by atoms with Gasteiger partial charge in [0, 0.05) is 17.4 Å². The number of fused-ring (bicyclic) bond motifs is 1. The molecule has 0 bridgehead atoms. The first-order chi connectivity index (χ1) is 13.0. The largest absolute Gasteiger partial charge is 0.483 e. The van der Waals surface area contributed by atoms with Gasteiger partial charge in [-0.1, -0.05) is 17.3 Å². The van der Waals surface area contributed by atoms with Gasteiger partial charge >= 0.3 is 0 Å². The topological polar surface area (TPSA) is 78.3 Å². The van der Waals surface area contributed by atoms with Crippen LogP contribution < -0.4 is 14.8 Å². The fourth-order valence-electron chi connectivity index (χ4n) is 2.98.